The van der Waals surface area contributed by atoms with Gasteiger partial charge in [0.1, 0.15) is 41.8 Å². The Bertz CT molecular complexity index is 1860. The molecule has 17 heteroatoms. The minimum atomic E-state index is -1.50. The summed E-state index contributed by atoms with van der Waals surface area (Å²) >= 11 is 0. The van der Waals surface area contributed by atoms with Crippen LogP contribution >= 0.6 is 0 Å². The van der Waals surface area contributed by atoms with E-state index >= 15 is 0 Å². The highest BCUT2D eigenvalue weighted by Gasteiger charge is 2.47. The Morgan fingerprint density at radius 2 is 1.60 bits per heavy atom. The van der Waals surface area contributed by atoms with Crippen LogP contribution < -0.4 is 21.3 Å². The van der Waals surface area contributed by atoms with E-state index in [1.54, 1.807) is 43.0 Å². The van der Waals surface area contributed by atoms with Gasteiger partial charge in [-0.15, -0.1) is 0 Å². The molecule has 2 aromatic carbocycles. The second-order valence-corrected chi connectivity index (χ2v) is 16.2. The molecule has 0 bridgehead atoms. The van der Waals surface area contributed by atoms with E-state index in [0.29, 0.717) is 44.0 Å². The highest BCUT2D eigenvalue weighted by atomic mass is 19.1. The van der Waals surface area contributed by atoms with Crippen LogP contribution in [0.15, 0.2) is 42.5 Å². The third-order valence-corrected chi connectivity index (χ3v) is 11.4. The number of benzene rings is 2. The Labute approximate surface area is 336 Å². The molecule has 4 saturated heterocycles. The number of piperidine rings is 1. The average molecular weight is 810 g/mol. The standard InChI is InChI=1S/C41H53F2N7O8/c1-22-8-10-29(11-9-22)45-41(57)46-32(16-26-14-27(42)17-28(43)15-26)36(52)47-35-25(4)58-21-30-13-23(2)19-49(30)38(54)24(3)44-37(53)33-7-5-6-12-48(33)39(55)34-18-31(51)20-50(34)40(35)56/h8-11,14-15,17,23-25,30-35,51H,5-7,12-13,16,18-21H2,1-4H3,(H,44,53)(H,47,52)(H2,45,46,57)/t23-,24+,25?,30+,31-,32+,33+,34+,35+/m1/s1. The number of fused-ring (bicyclic) bond motifs is 3. The van der Waals surface area contributed by atoms with E-state index in [9.17, 15) is 42.7 Å². The van der Waals surface area contributed by atoms with Crippen molar-refractivity contribution in [2.24, 2.45) is 5.92 Å². The number of carbonyl (C=O) groups is 6. The second kappa shape index (κ2) is 18.2. The molecule has 4 aliphatic heterocycles. The molecular formula is C41H53F2N7O8. The summed E-state index contributed by atoms with van der Waals surface area (Å²) in [6.45, 7) is 7.35. The number of urea groups is 1. The van der Waals surface area contributed by atoms with Gasteiger partial charge in [0.25, 0.3) is 0 Å². The number of rotatable bonds is 6. The molecule has 0 aromatic heterocycles. The molecule has 9 atom stereocenters. The minimum Gasteiger partial charge on any atom is -0.391 e. The van der Waals surface area contributed by atoms with E-state index < -0.39 is 89.8 Å². The fourth-order valence-corrected chi connectivity index (χ4v) is 8.46. The van der Waals surface area contributed by atoms with Gasteiger partial charge >= 0.3 is 6.03 Å². The van der Waals surface area contributed by atoms with Crippen molar-refractivity contribution in [1.82, 2.24) is 30.7 Å². The number of aryl methyl sites for hydroxylation is 1. The van der Waals surface area contributed by atoms with Gasteiger partial charge in [-0.25, -0.2) is 13.6 Å². The van der Waals surface area contributed by atoms with Crippen molar-refractivity contribution in [1.29, 1.82) is 0 Å². The first-order valence-electron chi connectivity index (χ1n) is 20.0. The van der Waals surface area contributed by atoms with Gasteiger partial charge in [-0.1, -0.05) is 24.6 Å². The lowest BCUT2D eigenvalue weighted by Gasteiger charge is -2.39. The van der Waals surface area contributed by atoms with Crippen LogP contribution in [0.3, 0.4) is 0 Å². The topological polar surface area (TPSA) is 190 Å². The van der Waals surface area contributed by atoms with Crippen molar-refractivity contribution in [3.8, 4) is 0 Å². The summed E-state index contributed by atoms with van der Waals surface area (Å²) in [4.78, 5) is 88.4. The molecule has 314 valence electrons. The maximum Gasteiger partial charge on any atom is 0.319 e. The molecule has 0 saturated carbocycles. The number of anilines is 1. The van der Waals surface area contributed by atoms with Crippen LogP contribution in [0.2, 0.25) is 0 Å². The van der Waals surface area contributed by atoms with Crippen LogP contribution in [0.4, 0.5) is 19.3 Å². The molecule has 58 heavy (non-hydrogen) atoms. The number of halogens is 2. The van der Waals surface area contributed by atoms with E-state index in [0.717, 1.165) is 17.7 Å². The van der Waals surface area contributed by atoms with E-state index in [1.807, 2.05) is 13.8 Å². The van der Waals surface area contributed by atoms with Gasteiger partial charge in [-0.3, -0.25) is 24.0 Å². The number of nitrogens with one attached hydrogen (secondary N) is 4. The molecule has 2 aromatic rings. The van der Waals surface area contributed by atoms with Gasteiger partial charge in [0, 0.05) is 44.2 Å². The smallest absolute Gasteiger partial charge is 0.319 e. The van der Waals surface area contributed by atoms with Gasteiger partial charge < -0.3 is 45.8 Å². The minimum absolute atomic E-state index is 0.0395. The molecule has 4 aliphatic rings. The molecule has 4 fully saturated rings. The van der Waals surface area contributed by atoms with Gasteiger partial charge in [0.2, 0.25) is 29.5 Å². The molecule has 6 rings (SSSR count). The van der Waals surface area contributed by atoms with Gasteiger partial charge in [0.15, 0.2) is 0 Å². The highest BCUT2D eigenvalue weighted by Crippen LogP contribution is 2.28. The van der Waals surface area contributed by atoms with Crippen molar-refractivity contribution >= 4 is 41.3 Å². The summed E-state index contributed by atoms with van der Waals surface area (Å²) < 4.78 is 34.9. The molecule has 15 nitrogen and oxygen atoms in total. The highest BCUT2D eigenvalue weighted by molar-refractivity contribution is 5.98. The molecule has 0 spiro atoms. The number of carbonyl (C=O) groups excluding carboxylic acids is 6. The lowest BCUT2D eigenvalue weighted by atomic mass is 9.98. The number of nitrogens with zero attached hydrogens (tertiary/aromatic N) is 3. The zero-order valence-corrected chi connectivity index (χ0v) is 33.2. The normalized spacial score (nSPS) is 28.9. The Kier molecular flexibility index (Phi) is 13.3. The number of aliphatic hydroxyl groups is 1. The first-order chi connectivity index (χ1) is 27.6. The lowest BCUT2D eigenvalue weighted by Crippen LogP contribution is -2.63. The largest absolute Gasteiger partial charge is 0.391 e. The predicted octanol–water partition coefficient (Wildman–Crippen LogP) is 1.99. The Morgan fingerprint density at radius 3 is 2.31 bits per heavy atom. The maximum absolute atomic E-state index is 14.7. The summed E-state index contributed by atoms with van der Waals surface area (Å²) in [5.74, 6) is -4.72. The number of ether oxygens (including phenoxy) is 1. The second-order valence-electron chi connectivity index (χ2n) is 16.2. The van der Waals surface area contributed by atoms with Crippen molar-refractivity contribution < 1.29 is 47.4 Å². The Morgan fingerprint density at radius 1 is 0.897 bits per heavy atom. The van der Waals surface area contributed by atoms with E-state index in [2.05, 4.69) is 21.3 Å². The molecule has 5 N–H and O–H groups in total. The fraction of sp³-hybridized carbons (Fsp3) is 0.561. The van der Waals surface area contributed by atoms with Crippen molar-refractivity contribution in [3.05, 3.63) is 65.2 Å². The summed E-state index contributed by atoms with van der Waals surface area (Å²) in [5, 5.41) is 21.6. The Hall–Kier alpha value is -5.16. The quantitative estimate of drug-likeness (QED) is 0.293. The van der Waals surface area contributed by atoms with Crippen molar-refractivity contribution in [2.45, 2.75) is 115 Å². The Balaban J connectivity index is 1.33. The van der Waals surface area contributed by atoms with E-state index in [4.69, 9.17) is 4.74 Å². The molecular weight excluding hydrogens is 756 g/mol. The van der Waals surface area contributed by atoms with Crippen LogP contribution in [-0.4, -0.2) is 130 Å². The SMILES string of the molecule is Cc1ccc(NC(=O)N[C@@H](Cc2cc(F)cc(F)c2)C(=O)N[C@@H]2C(=O)N3C[C@H](O)C[C@H]3C(=O)N3CCCC[C@H]3C(=O)N[C@@H](C)C(=O)N3C[C@H](C)C[C@H]3COC2C)cc1. The number of hydrogen-bond acceptors (Lipinski definition) is 8. The molecule has 4 heterocycles. The molecule has 7 amide bonds. The summed E-state index contributed by atoms with van der Waals surface area (Å²) in [7, 11) is 0. The maximum atomic E-state index is 14.7. The van der Waals surface area contributed by atoms with E-state index in [-0.39, 0.29) is 49.9 Å². The third kappa shape index (κ3) is 9.92. The lowest BCUT2D eigenvalue weighted by molar-refractivity contribution is -0.153. The van der Waals surface area contributed by atoms with Crippen LogP contribution in [0.5, 0.6) is 0 Å². The first kappa shape index (κ1) is 42.4. The number of aliphatic hydroxyl groups excluding tert-OH is 1. The van der Waals surface area contributed by atoms with Crippen LogP contribution in [0.1, 0.15) is 64.0 Å². The number of hydrogen-bond donors (Lipinski definition) is 5. The third-order valence-electron chi connectivity index (χ3n) is 11.4. The zero-order chi connectivity index (χ0) is 41.8. The van der Waals surface area contributed by atoms with Crippen LogP contribution in [-0.2, 0) is 35.1 Å². The van der Waals surface area contributed by atoms with Crippen molar-refractivity contribution in [2.75, 3.05) is 31.6 Å². The first-order valence-corrected chi connectivity index (χ1v) is 20.0. The van der Waals surface area contributed by atoms with E-state index in [1.165, 1.54) is 9.80 Å². The van der Waals surface area contributed by atoms with Gasteiger partial charge in [0.05, 0.1) is 24.9 Å². The van der Waals surface area contributed by atoms with Crippen LogP contribution in [0, 0.1) is 24.5 Å². The average Bonchev–Trinajstić information content (AvgIpc) is 3.76. The van der Waals surface area contributed by atoms with Gasteiger partial charge in [-0.2, -0.15) is 0 Å². The number of amides is 7. The molecule has 0 aliphatic carbocycles. The molecule has 1 unspecified atom stereocenters. The monoisotopic (exact) mass is 809 g/mol. The zero-order valence-electron chi connectivity index (χ0n) is 33.2. The molecule has 0 radical (unpaired) electrons. The van der Waals surface area contributed by atoms with Crippen molar-refractivity contribution in [3.63, 3.8) is 0 Å². The summed E-state index contributed by atoms with van der Waals surface area (Å²) in [6.07, 6.45) is -0.505. The van der Waals surface area contributed by atoms with Crippen LogP contribution in [0.25, 0.3) is 0 Å². The van der Waals surface area contributed by atoms with Gasteiger partial charge in [-0.05, 0) is 82.2 Å². The summed E-state index contributed by atoms with van der Waals surface area (Å²) in [5.41, 5.74) is 1.40. The summed E-state index contributed by atoms with van der Waals surface area (Å²) in [6, 6.07) is 2.37. The predicted molar refractivity (Wildman–Crippen MR) is 207 cm³/mol. The fourth-order valence-electron chi connectivity index (χ4n) is 8.46.